The van der Waals surface area contributed by atoms with Gasteiger partial charge >= 0.3 is 0 Å². The Kier molecular flexibility index (Phi) is 3.61. The Morgan fingerprint density at radius 2 is 1.91 bits per heavy atom. The first kappa shape index (κ1) is 9.77. The topological polar surface area (TPSA) is 0 Å². The molecule has 2 heteroatoms. The molecular weight excluding hydrogens is 362 g/mol. The number of benzene rings is 1. The van der Waals surface area contributed by atoms with Crippen LogP contribution in [0.4, 0.5) is 0 Å². The zero-order chi connectivity index (χ0) is 8.43. The summed E-state index contributed by atoms with van der Waals surface area (Å²) in [4.78, 5) is 0. The van der Waals surface area contributed by atoms with Crippen molar-refractivity contribution in [3.8, 4) is 0 Å². The van der Waals surface area contributed by atoms with Crippen molar-refractivity contribution in [2.75, 3.05) is 0 Å². The molecule has 0 saturated heterocycles. The monoisotopic (exact) mass is 372 g/mol. The van der Waals surface area contributed by atoms with Gasteiger partial charge in [0.25, 0.3) is 0 Å². The molecule has 0 saturated carbocycles. The second-order valence-corrected chi connectivity index (χ2v) is 4.87. The van der Waals surface area contributed by atoms with E-state index in [4.69, 9.17) is 0 Å². The van der Waals surface area contributed by atoms with Gasteiger partial charge in [0.2, 0.25) is 0 Å². The normalized spacial score (nSPS) is 10.2. The van der Waals surface area contributed by atoms with Gasteiger partial charge in [-0.2, -0.15) is 0 Å². The van der Waals surface area contributed by atoms with Crippen LogP contribution in [0.2, 0.25) is 0 Å². The molecule has 1 rings (SSSR count). The molecule has 0 heterocycles. The van der Waals surface area contributed by atoms with Crippen molar-refractivity contribution in [1.82, 2.24) is 0 Å². The number of hydrogen-bond acceptors (Lipinski definition) is 0. The number of aryl methyl sites for hydroxylation is 2. The Labute approximate surface area is 95.0 Å². The Morgan fingerprint density at radius 3 is 2.45 bits per heavy atom. The van der Waals surface area contributed by atoms with Gasteiger partial charge in [-0.1, -0.05) is 6.92 Å². The maximum absolute atomic E-state index is 2.42. The van der Waals surface area contributed by atoms with Crippen molar-refractivity contribution in [3.05, 3.63) is 30.4 Å². The maximum Gasteiger partial charge on any atom is 0.0192 e. The summed E-state index contributed by atoms with van der Waals surface area (Å²) >= 11 is 4.79. The van der Waals surface area contributed by atoms with Crippen LogP contribution in [0, 0.1) is 14.1 Å². The number of hydrogen-bond donors (Lipinski definition) is 0. The highest BCUT2D eigenvalue weighted by Gasteiger charge is 2.01. The third-order valence-corrected chi connectivity index (χ3v) is 3.84. The van der Waals surface area contributed by atoms with Gasteiger partial charge in [0.15, 0.2) is 0 Å². The van der Waals surface area contributed by atoms with Crippen LogP contribution in [-0.4, -0.2) is 0 Å². The van der Waals surface area contributed by atoms with E-state index in [1.807, 2.05) is 0 Å². The Hall–Kier alpha value is 0.680. The van der Waals surface area contributed by atoms with Crippen LogP contribution in [0.1, 0.15) is 18.1 Å². The second kappa shape index (κ2) is 4.07. The quantitative estimate of drug-likeness (QED) is 0.659. The highest BCUT2D eigenvalue weighted by Crippen LogP contribution is 2.20. The molecule has 11 heavy (non-hydrogen) atoms. The molecule has 0 aliphatic heterocycles. The molecule has 0 N–H and O–H groups in total. The Bertz CT molecular complexity index is 267. The molecule has 1 aromatic carbocycles. The van der Waals surface area contributed by atoms with E-state index in [-0.39, 0.29) is 0 Å². The molecule has 0 aliphatic carbocycles. The first-order valence-electron chi connectivity index (χ1n) is 3.59. The van der Waals surface area contributed by atoms with Gasteiger partial charge in [-0.3, -0.25) is 0 Å². The van der Waals surface area contributed by atoms with Crippen LogP contribution in [-0.2, 0) is 6.42 Å². The minimum Gasteiger partial charge on any atom is -0.0613 e. The lowest BCUT2D eigenvalue weighted by atomic mass is 10.1. The van der Waals surface area contributed by atoms with Gasteiger partial charge in [-0.25, -0.2) is 0 Å². The van der Waals surface area contributed by atoms with Gasteiger partial charge in [0.1, 0.15) is 0 Å². The molecule has 0 nitrogen and oxygen atoms in total. The summed E-state index contributed by atoms with van der Waals surface area (Å²) in [5.74, 6) is 0. The van der Waals surface area contributed by atoms with E-state index < -0.39 is 0 Å². The summed E-state index contributed by atoms with van der Waals surface area (Å²) in [6, 6.07) is 4.48. The fourth-order valence-corrected chi connectivity index (χ4v) is 2.59. The zero-order valence-electron chi connectivity index (χ0n) is 6.62. The van der Waals surface area contributed by atoms with Gasteiger partial charge < -0.3 is 0 Å². The average Bonchev–Trinajstić information content (AvgIpc) is 1.96. The van der Waals surface area contributed by atoms with Crippen LogP contribution in [0.5, 0.6) is 0 Å². The predicted octanol–water partition coefficient (Wildman–Crippen LogP) is 3.77. The minimum atomic E-state index is 1.13. The molecule has 60 valence electrons. The largest absolute Gasteiger partial charge is 0.0613 e. The molecular formula is C9H10I2. The first-order valence-corrected chi connectivity index (χ1v) is 5.75. The fraction of sp³-hybridized carbons (Fsp3) is 0.333. The van der Waals surface area contributed by atoms with Crippen molar-refractivity contribution in [2.24, 2.45) is 0 Å². The highest BCUT2D eigenvalue weighted by atomic mass is 127. The third kappa shape index (κ3) is 2.31. The van der Waals surface area contributed by atoms with Crippen molar-refractivity contribution < 1.29 is 0 Å². The lowest BCUT2D eigenvalue weighted by Crippen LogP contribution is -1.91. The van der Waals surface area contributed by atoms with Crippen LogP contribution in [0.15, 0.2) is 12.1 Å². The van der Waals surface area contributed by atoms with E-state index in [1.165, 1.54) is 18.3 Å². The van der Waals surface area contributed by atoms with E-state index in [9.17, 15) is 0 Å². The fourth-order valence-electron chi connectivity index (χ4n) is 1.05. The van der Waals surface area contributed by atoms with E-state index >= 15 is 0 Å². The van der Waals surface area contributed by atoms with Crippen molar-refractivity contribution in [3.63, 3.8) is 0 Å². The van der Waals surface area contributed by atoms with Crippen LogP contribution < -0.4 is 0 Å². The molecule has 1 aromatic rings. The summed E-state index contributed by atoms with van der Waals surface area (Å²) in [5.41, 5.74) is 2.87. The Balaban J connectivity index is 3.24. The molecule has 0 radical (unpaired) electrons. The van der Waals surface area contributed by atoms with Crippen molar-refractivity contribution in [2.45, 2.75) is 20.3 Å². The van der Waals surface area contributed by atoms with Crippen LogP contribution >= 0.6 is 45.2 Å². The summed E-state index contributed by atoms with van der Waals surface area (Å²) in [6.07, 6.45) is 1.13. The van der Waals surface area contributed by atoms with E-state index in [0.29, 0.717) is 0 Å². The smallest absolute Gasteiger partial charge is 0.0192 e. The molecule has 0 bridgehead atoms. The maximum atomic E-state index is 2.42. The van der Waals surface area contributed by atoms with E-state index in [2.05, 4.69) is 71.2 Å². The second-order valence-electron chi connectivity index (χ2n) is 2.55. The Morgan fingerprint density at radius 1 is 1.27 bits per heavy atom. The van der Waals surface area contributed by atoms with E-state index in [1.54, 1.807) is 0 Å². The lowest BCUT2D eigenvalue weighted by molar-refractivity contribution is 1.11. The van der Waals surface area contributed by atoms with Gasteiger partial charge in [-0.15, -0.1) is 0 Å². The number of rotatable bonds is 1. The van der Waals surface area contributed by atoms with Crippen LogP contribution in [0.3, 0.4) is 0 Å². The summed E-state index contributed by atoms with van der Waals surface area (Å²) < 4.78 is 2.77. The van der Waals surface area contributed by atoms with Gasteiger partial charge in [-0.05, 0) is 81.8 Å². The third-order valence-electron chi connectivity index (χ3n) is 1.68. The highest BCUT2D eigenvalue weighted by molar-refractivity contribution is 14.1. The van der Waals surface area contributed by atoms with E-state index in [0.717, 1.165) is 6.42 Å². The van der Waals surface area contributed by atoms with Crippen LogP contribution in [0.25, 0.3) is 0 Å². The standard InChI is InChI=1S/C9H10I2/c1-3-7-5-8(10)4-6(2)9(7)11/h4-5H,3H2,1-2H3. The first-order chi connectivity index (χ1) is 5.15. The molecule has 0 aliphatic rings. The average molecular weight is 372 g/mol. The van der Waals surface area contributed by atoms with Crippen molar-refractivity contribution >= 4 is 45.2 Å². The summed E-state index contributed by atoms with van der Waals surface area (Å²) in [7, 11) is 0. The lowest BCUT2D eigenvalue weighted by Gasteiger charge is -2.05. The molecule has 0 atom stereocenters. The minimum absolute atomic E-state index is 1.13. The summed E-state index contributed by atoms with van der Waals surface area (Å²) in [6.45, 7) is 4.37. The zero-order valence-corrected chi connectivity index (χ0v) is 10.9. The van der Waals surface area contributed by atoms with Gasteiger partial charge in [0.05, 0.1) is 0 Å². The molecule has 0 aromatic heterocycles. The molecule has 0 amide bonds. The molecule has 0 spiro atoms. The number of halogens is 2. The van der Waals surface area contributed by atoms with Gasteiger partial charge in [0, 0.05) is 7.14 Å². The molecule has 0 unspecified atom stereocenters. The SMILES string of the molecule is CCc1cc(I)cc(C)c1I. The summed E-state index contributed by atoms with van der Waals surface area (Å²) in [5, 5.41) is 0. The predicted molar refractivity (Wildman–Crippen MR) is 66.0 cm³/mol. The molecule has 0 fully saturated rings. The van der Waals surface area contributed by atoms with Crippen molar-refractivity contribution in [1.29, 1.82) is 0 Å².